The molecule has 2 aromatic carbocycles. The average Bonchev–Trinajstić information content (AvgIpc) is 2.61. The van der Waals surface area contributed by atoms with Crippen molar-refractivity contribution in [3.63, 3.8) is 0 Å². The van der Waals surface area contributed by atoms with E-state index in [0.29, 0.717) is 21.5 Å². The molecule has 1 heterocycles. The number of nitrogens with zero attached hydrogens (tertiary/aromatic N) is 1. The Hall–Kier alpha value is -2.23. The third-order valence-corrected chi connectivity index (χ3v) is 4.48. The van der Waals surface area contributed by atoms with Gasteiger partial charge in [-0.25, -0.2) is 0 Å². The van der Waals surface area contributed by atoms with Crippen LogP contribution in [0.15, 0.2) is 48.5 Å². The van der Waals surface area contributed by atoms with Crippen molar-refractivity contribution in [1.82, 2.24) is 4.98 Å². The molecule has 0 amide bonds. The van der Waals surface area contributed by atoms with Gasteiger partial charge in [-0.2, -0.15) is 0 Å². The third kappa shape index (κ3) is 3.73. The molecule has 0 bridgehead atoms. The number of aryl methyl sites for hydroxylation is 1. The summed E-state index contributed by atoms with van der Waals surface area (Å²) in [7, 11) is 3.19. The number of hydrogen-bond acceptors (Lipinski definition) is 3. The predicted molar refractivity (Wildman–Crippen MR) is 103 cm³/mol. The second-order valence-corrected chi connectivity index (χ2v) is 6.40. The number of halogens is 2. The lowest BCUT2D eigenvalue weighted by atomic mass is 10.0. The standard InChI is InChI=1S/C20H17Cl2NO2/c1-12-8-15(13-4-6-19(24-2)16(21)9-13)11-18(23-12)14-5-7-20(25-3)17(22)10-14/h4-11H,1-3H3. The van der Waals surface area contributed by atoms with Crippen LogP contribution in [0, 0.1) is 6.92 Å². The Kier molecular flexibility index (Phi) is 5.16. The van der Waals surface area contributed by atoms with Crippen LogP contribution in [0.2, 0.25) is 10.0 Å². The van der Waals surface area contributed by atoms with Gasteiger partial charge in [0.05, 0.1) is 30.0 Å². The normalized spacial score (nSPS) is 10.6. The monoisotopic (exact) mass is 373 g/mol. The van der Waals surface area contributed by atoms with Gasteiger partial charge in [-0.15, -0.1) is 0 Å². The predicted octanol–water partition coefficient (Wildman–Crippen LogP) is 6.05. The molecule has 0 saturated carbocycles. The average molecular weight is 374 g/mol. The molecular formula is C20H17Cl2NO2. The highest BCUT2D eigenvalue weighted by Gasteiger charge is 2.10. The van der Waals surface area contributed by atoms with Crippen molar-refractivity contribution in [3.8, 4) is 33.9 Å². The topological polar surface area (TPSA) is 31.4 Å². The molecule has 1 aromatic heterocycles. The van der Waals surface area contributed by atoms with Gasteiger partial charge in [0.1, 0.15) is 11.5 Å². The Bertz CT molecular complexity index is 854. The minimum absolute atomic E-state index is 0.553. The van der Waals surface area contributed by atoms with E-state index < -0.39 is 0 Å². The van der Waals surface area contributed by atoms with Crippen LogP contribution in [-0.4, -0.2) is 19.2 Å². The molecule has 0 aliphatic heterocycles. The first kappa shape index (κ1) is 17.6. The Morgan fingerprint density at radius 3 is 1.84 bits per heavy atom. The lowest BCUT2D eigenvalue weighted by molar-refractivity contribution is 0.415. The second-order valence-electron chi connectivity index (χ2n) is 5.58. The highest BCUT2D eigenvalue weighted by Crippen LogP contribution is 2.34. The first-order chi connectivity index (χ1) is 12.0. The molecule has 0 fully saturated rings. The van der Waals surface area contributed by atoms with Crippen molar-refractivity contribution in [2.75, 3.05) is 14.2 Å². The molecule has 0 atom stereocenters. The van der Waals surface area contributed by atoms with E-state index in [2.05, 4.69) is 4.98 Å². The summed E-state index contributed by atoms with van der Waals surface area (Å²) in [5.41, 5.74) is 4.70. The molecule has 0 saturated heterocycles. The van der Waals surface area contributed by atoms with Gasteiger partial charge < -0.3 is 9.47 Å². The van der Waals surface area contributed by atoms with Crippen molar-refractivity contribution in [2.45, 2.75) is 6.92 Å². The fraction of sp³-hybridized carbons (Fsp3) is 0.150. The quantitative estimate of drug-likeness (QED) is 0.557. The Labute approximate surface area is 157 Å². The number of rotatable bonds is 4. The first-order valence-electron chi connectivity index (χ1n) is 7.68. The van der Waals surface area contributed by atoms with Gasteiger partial charge in [0.25, 0.3) is 0 Å². The minimum atomic E-state index is 0.553. The second kappa shape index (κ2) is 7.34. The molecule has 0 spiro atoms. The highest BCUT2D eigenvalue weighted by atomic mass is 35.5. The van der Waals surface area contributed by atoms with E-state index >= 15 is 0 Å². The molecule has 5 heteroatoms. The van der Waals surface area contributed by atoms with Gasteiger partial charge in [-0.1, -0.05) is 29.3 Å². The summed E-state index contributed by atoms with van der Waals surface area (Å²) in [5, 5.41) is 1.13. The van der Waals surface area contributed by atoms with Crippen molar-refractivity contribution >= 4 is 23.2 Å². The van der Waals surface area contributed by atoms with E-state index in [9.17, 15) is 0 Å². The van der Waals surface area contributed by atoms with Crippen LogP contribution in [0.4, 0.5) is 0 Å². The Morgan fingerprint density at radius 1 is 0.720 bits per heavy atom. The van der Waals surface area contributed by atoms with Crippen LogP contribution in [0.1, 0.15) is 5.69 Å². The smallest absolute Gasteiger partial charge is 0.137 e. The molecular weight excluding hydrogens is 357 g/mol. The molecule has 0 aliphatic carbocycles. The Morgan fingerprint density at radius 2 is 1.28 bits per heavy atom. The van der Waals surface area contributed by atoms with Gasteiger partial charge >= 0.3 is 0 Å². The Balaban J connectivity index is 2.06. The molecule has 3 rings (SSSR count). The zero-order chi connectivity index (χ0) is 18.0. The van der Waals surface area contributed by atoms with E-state index in [-0.39, 0.29) is 0 Å². The van der Waals surface area contributed by atoms with E-state index in [4.69, 9.17) is 32.7 Å². The SMILES string of the molecule is COc1ccc(-c2cc(C)nc(-c3ccc(OC)c(Cl)c3)c2)cc1Cl. The zero-order valence-corrected chi connectivity index (χ0v) is 15.7. The molecule has 0 radical (unpaired) electrons. The number of benzene rings is 2. The largest absolute Gasteiger partial charge is 0.495 e. The molecule has 25 heavy (non-hydrogen) atoms. The maximum Gasteiger partial charge on any atom is 0.137 e. The van der Waals surface area contributed by atoms with Crippen molar-refractivity contribution in [3.05, 3.63) is 64.3 Å². The number of aromatic nitrogens is 1. The molecule has 0 unspecified atom stereocenters. The zero-order valence-electron chi connectivity index (χ0n) is 14.1. The van der Waals surface area contributed by atoms with Gasteiger partial charge in [0.2, 0.25) is 0 Å². The maximum atomic E-state index is 6.26. The van der Waals surface area contributed by atoms with E-state index in [1.807, 2.05) is 55.5 Å². The lowest BCUT2D eigenvalue weighted by Crippen LogP contribution is -1.91. The van der Waals surface area contributed by atoms with Crippen LogP contribution in [0.25, 0.3) is 22.4 Å². The van der Waals surface area contributed by atoms with Crippen molar-refractivity contribution in [1.29, 1.82) is 0 Å². The highest BCUT2D eigenvalue weighted by molar-refractivity contribution is 6.32. The molecule has 0 aliphatic rings. The van der Waals surface area contributed by atoms with E-state index in [0.717, 1.165) is 28.1 Å². The number of pyridine rings is 1. The summed E-state index contributed by atoms with van der Waals surface area (Å²) >= 11 is 12.5. The summed E-state index contributed by atoms with van der Waals surface area (Å²) in [6, 6.07) is 15.4. The van der Waals surface area contributed by atoms with Crippen LogP contribution in [-0.2, 0) is 0 Å². The maximum absolute atomic E-state index is 6.26. The fourth-order valence-electron chi connectivity index (χ4n) is 2.65. The van der Waals surface area contributed by atoms with Gasteiger partial charge in [-0.3, -0.25) is 4.98 Å². The van der Waals surface area contributed by atoms with Gasteiger partial charge in [-0.05, 0) is 60.5 Å². The van der Waals surface area contributed by atoms with Crippen LogP contribution >= 0.6 is 23.2 Å². The van der Waals surface area contributed by atoms with E-state index in [1.54, 1.807) is 14.2 Å². The summed E-state index contributed by atoms with van der Waals surface area (Å²) in [6.45, 7) is 1.96. The molecule has 3 aromatic rings. The van der Waals surface area contributed by atoms with Crippen molar-refractivity contribution in [2.24, 2.45) is 0 Å². The first-order valence-corrected chi connectivity index (χ1v) is 8.44. The summed E-state index contributed by atoms with van der Waals surface area (Å²) in [4.78, 5) is 4.63. The fourth-order valence-corrected chi connectivity index (χ4v) is 3.17. The number of hydrogen-bond donors (Lipinski definition) is 0. The van der Waals surface area contributed by atoms with E-state index in [1.165, 1.54) is 0 Å². The summed E-state index contributed by atoms with van der Waals surface area (Å²) in [6.07, 6.45) is 0. The third-order valence-electron chi connectivity index (χ3n) is 3.89. The number of methoxy groups -OCH3 is 2. The number of ether oxygens (including phenoxy) is 2. The van der Waals surface area contributed by atoms with Crippen LogP contribution in [0.5, 0.6) is 11.5 Å². The molecule has 128 valence electrons. The summed E-state index contributed by atoms with van der Waals surface area (Å²) < 4.78 is 10.4. The van der Waals surface area contributed by atoms with Crippen LogP contribution in [0.3, 0.4) is 0 Å². The minimum Gasteiger partial charge on any atom is -0.495 e. The lowest BCUT2D eigenvalue weighted by Gasteiger charge is -2.10. The van der Waals surface area contributed by atoms with Gasteiger partial charge in [0.15, 0.2) is 0 Å². The van der Waals surface area contributed by atoms with Crippen LogP contribution < -0.4 is 9.47 Å². The molecule has 3 nitrogen and oxygen atoms in total. The van der Waals surface area contributed by atoms with Crippen molar-refractivity contribution < 1.29 is 9.47 Å². The molecule has 0 N–H and O–H groups in total. The van der Waals surface area contributed by atoms with Gasteiger partial charge in [0, 0.05) is 11.3 Å². The summed E-state index contributed by atoms with van der Waals surface area (Å²) in [5.74, 6) is 1.29.